The van der Waals surface area contributed by atoms with Crippen LogP contribution in [0.1, 0.15) is 121 Å². The number of nitrogens with zero attached hydrogens (tertiary/aromatic N) is 1. The van der Waals surface area contributed by atoms with Crippen LogP contribution in [0.3, 0.4) is 0 Å². The largest absolute Gasteiger partial charge is 0.328 e. The van der Waals surface area contributed by atoms with Crippen LogP contribution < -0.4 is 15.7 Å². The summed E-state index contributed by atoms with van der Waals surface area (Å²) in [5, 5.41) is 5.90. The van der Waals surface area contributed by atoms with Gasteiger partial charge in [0.2, 0.25) is 6.98 Å². The number of rotatable bonds is 13. The molecule has 0 heterocycles. The molecule has 0 aliphatic heterocycles. The van der Waals surface area contributed by atoms with Crippen LogP contribution in [0, 0.1) is 0 Å². The summed E-state index contributed by atoms with van der Waals surface area (Å²) in [6, 6.07) is 34.0. The molecule has 0 unspecified atom stereocenters. The average molecular weight is 641 g/mol. The van der Waals surface area contributed by atoms with Gasteiger partial charge in [-0.3, -0.25) is 9.31 Å². The Morgan fingerprint density at radius 1 is 0.578 bits per heavy atom. The summed E-state index contributed by atoms with van der Waals surface area (Å²) in [6.45, 7) is 13.8. The minimum atomic E-state index is -3.49. The van der Waals surface area contributed by atoms with Crippen LogP contribution in [0.15, 0.2) is 102 Å². The van der Waals surface area contributed by atoms with Crippen molar-refractivity contribution in [2.24, 2.45) is 4.74 Å². The Bertz CT molecular complexity index is 1600. The summed E-state index contributed by atoms with van der Waals surface area (Å²) >= 11 is 0. The van der Waals surface area contributed by atoms with Gasteiger partial charge in [0, 0.05) is 16.3 Å². The normalized spacial score (nSPS) is 14.5. The third-order valence-electron chi connectivity index (χ3n) is 8.81. The maximum Gasteiger partial charge on any atom is 0.238 e. The molecule has 0 amide bonds. The Morgan fingerprint density at radius 3 is 1.42 bits per heavy atom. The van der Waals surface area contributed by atoms with Gasteiger partial charge in [-0.15, -0.1) is 0 Å². The van der Waals surface area contributed by atoms with E-state index in [1.807, 2.05) is 18.2 Å². The molecule has 4 aromatic rings. The molecule has 2 atom stereocenters. The number of para-hydroxylation sites is 1. The first-order valence-electron chi connectivity index (χ1n) is 16.8. The van der Waals surface area contributed by atoms with Gasteiger partial charge in [-0.2, -0.15) is 0 Å². The smallest absolute Gasteiger partial charge is 0.238 e. The molecule has 0 aliphatic rings. The standard InChI is InChI=1S/C40H54N2OP2/c1-10-11-28-44(33-20-14-12-15-21-33,41-39-35(29(2)3)24-18-25-36(39)30(4)5)45(43,34-22-16-13-17-23-34)42-40-37(31(6)7)26-19-27-38(40)32(8)9/h12-27,29-32H,10-11,28H2,1-9H3,(H,42,43)/t44-,45-/m0/s1. The molecular weight excluding hydrogens is 586 g/mol. The first-order chi connectivity index (χ1) is 21.5. The SMILES string of the molecule is CCCC[P@@](=Nc1c(C(C)C)cccc1C(C)C)(c1ccccc1)[P@](=O)(Nc1c(C(C)C)cccc1C(C)C)c1ccccc1. The highest BCUT2D eigenvalue weighted by atomic mass is 32.1. The predicted molar refractivity (Wildman–Crippen MR) is 201 cm³/mol. The first-order valence-corrected chi connectivity index (χ1v) is 21.2. The fourth-order valence-electron chi connectivity index (χ4n) is 6.24. The van der Waals surface area contributed by atoms with E-state index < -0.39 is 13.7 Å². The molecule has 5 heteroatoms. The second-order valence-electron chi connectivity index (χ2n) is 13.5. The quantitative estimate of drug-likeness (QED) is 0.148. The van der Waals surface area contributed by atoms with E-state index in [-0.39, 0.29) is 23.7 Å². The molecule has 0 saturated heterocycles. The topological polar surface area (TPSA) is 41.5 Å². The van der Waals surface area contributed by atoms with Gasteiger partial charge in [-0.25, -0.2) is 0 Å². The van der Waals surface area contributed by atoms with Crippen LogP contribution >= 0.6 is 13.7 Å². The molecule has 0 aromatic heterocycles. The van der Waals surface area contributed by atoms with E-state index in [0.29, 0.717) is 0 Å². The number of unbranched alkanes of at least 4 members (excludes halogenated alkanes) is 1. The first kappa shape index (κ1) is 35.0. The summed E-state index contributed by atoms with van der Waals surface area (Å²) < 4.78 is 22.9. The Balaban J connectivity index is 2.27. The second kappa shape index (κ2) is 15.2. The zero-order chi connectivity index (χ0) is 32.8. The van der Waals surface area contributed by atoms with Crippen LogP contribution in [0.5, 0.6) is 0 Å². The molecule has 4 rings (SSSR count). The molecule has 45 heavy (non-hydrogen) atoms. The second-order valence-corrected chi connectivity index (χ2v) is 21.7. The van der Waals surface area contributed by atoms with Crippen molar-refractivity contribution >= 4 is 35.7 Å². The van der Waals surface area contributed by atoms with Crippen molar-refractivity contribution in [1.82, 2.24) is 0 Å². The lowest BCUT2D eigenvalue weighted by Crippen LogP contribution is -2.21. The fourth-order valence-corrected chi connectivity index (χ4v) is 16.9. The fraction of sp³-hybridized carbons (Fsp3) is 0.400. The van der Waals surface area contributed by atoms with Crippen molar-refractivity contribution in [3.05, 3.63) is 119 Å². The Hall–Kier alpha value is -2.86. The van der Waals surface area contributed by atoms with E-state index in [2.05, 4.69) is 146 Å². The van der Waals surface area contributed by atoms with Gasteiger partial charge in [0.05, 0.1) is 12.4 Å². The molecule has 4 aromatic carbocycles. The van der Waals surface area contributed by atoms with Gasteiger partial charge in [0.25, 0.3) is 0 Å². The Kier molecular flexibility index (Phi) is 11.8. The predicted octanol–water partition coefficient (Wildman–Crippen LogP) is 12.8. The maximum atomic E-state index is 16.9. The van der Waals surface area contributed by atoms with E-state index in [0.717, 1.165) is 41.0 Å². The van der Waals surface area contributed by atoms with Gasteiger partial charge in [-0.05, 0) is 70.6 Å². The molecular formula is C40H54N2OP2. The van der Waals surface area contributed by atoms with E-state index in [1.54, 1.807) is 0 Å². The molecule has 240 valence electrons. The van der Waals surface area contributed by atoms with E-state index >= 15 is 4.57 Å². The van der Waals surface area contributed by atoms with Crippen LogP contribution in [0.4, 0.5) is 11.4 Å². The van der Waals surface area contributed by atoms with Crippen molar-refractivity contribution in [2.45, 2.75) is 98.8 Å². The Labute approximate surface area is 273 Å². The molecule has 1 N–H and O–H groups in total. The van der Waals surface area contributed by atoms with Crippen LogP contribution in [0.2, 0.25) is 0 Å². The van der Waals surface area contributed by atoms with E-state index in [1.165, 1.54) is 22.3 Å². The molecule has 0 aliphatic carbocycles. The van der Waals surface area contributed by atoms with Gasteiger partial charge >= 0.3 is 0 Å². The van der Waals surface area contributed by atoms with Crippen molar-refractivity contribution < 1.29 is 4.57 Å². The molecule has 0 fully saturated rings. The number of nitrogens with one attached hydrogen (secondary N) is 1. The maximum absolute atomic E-state index is 16.9. The minimum absolute atomic E-state index is 0.265. The van der Waals surface area contributed by atoms with Gasteiger partial charge in [0.15, 0.2) is 0 Å². The molecule has 0 spiro atoms. The highest BCUT2D eigenvalue weighted by Crippen LogP contribution is 2.82. The van der Waals surface area contributed by atoms with Crippen molar-refractivity contribution in [3.63, 3.8) is 0 Å². The Morgan fingerprint density at radius 2 is 1.00 bits per heavy atom. The summed E-state index contributed by atoms with van der Waals surface area (Å²) in [5.74, 6) is 1.09. The summed E-state index contributed by atoms with van der Waals surface area (Å²) in [4.78, 5) is 0. The van der Waals surface area contributed by atoms with Gasteiger partial charge in [-0.1, -0.05) is 154 Å². The van der Waals surface area contributed by atoms with Crippen molar-refractivity contribution in [1.29, 1.82) is 0 Å². The highest BCUT2D eigenvalue weighted by molar-refractivity contribution is 8.43. The third kappa shape index (κ3) is 7.26. The number of hydrogen-bond acceptors (Lipinski definition) is 2. The van der Waals surface area contributed by atoms with Crippen LogP contribution in [-0.4, -0.2) is 6.16 Å². The zero-order valence-electron chi connectivity index (χ0n) is 28.9. The lowest BCUT2D eigenvalue weighted by atomic mass is 9.93. The lowest BCUT2D eigenvalue weighted by molar-refractivity contribution is 0.592. The van der Waals surface area contributed by atoms with E-state index in [9.17, 15) is 0 Å². The molecule has 0 bridgehead atoms. The summed E-state index contributed by atoms with van der Waals surface area (Å²) in [6.07, 6.45) is 2.70. The monoisotopic (exact) mass is 640 g/mol. The average Bonchev–Trinajstić information content (AvgIpc) is 3.03. The highest BCUT2D eigenvalue weighted by Gasteiger charge is 2.45. The zero-order valence-corrected chi connectivity index (χ0v) is 30.7. The third-order valence-corrected chi connectivity index (χ3v) is 19.2. The number of hydrogen-bond donors (Lipinski definition) is 1. The molecule has 0 radical (unpaired) electrons. The van der Waals surface area contributed by atoms with Crippen molar-refractivity contribution in [2.75, 3.05) is 11.2 Å². The molecule has 0 saturated carbocycles. The van der Waals surface area contributed by atoms with Crippen LogP contribution in [-0.2, 0) is 4.57 Å². The van der Waals surface area contributed by atoms with E-state index in [4.69, 9.17) is 4.74 Å². The number of anilines is 1. The lowest BCUT2D eigenvalue weighted by Gasteiger charge is -2.37. The van der Waals surface area contributed by atoms with Gasteiger partial charge in [0.1, 0.15) is 0 Å². The van der Waals surface area contributed by atoms with Crippen LogP contribution in [0.25, 0.3) is 0 Å². The summed E-state index contributed by atoms with van der Waals surface area (Å²) in [7, 11) is 0. The van der Waals surface area contributed by atoms with Crippen molar-refractivity contribution in [3.8, 4) is 0 Å². The van der Waals surface area contributed by atoms with Gasteiger partial charge < -0.3 is 5.09 Å². The molecule has 3 nitrogen and oxygen atoms in total. The minimum Gasteiger partial charge on any atom is -0.328 e. The summed E-state index contributed by atoms with van der Waals surface area (Å²) in [5.41, 5.74) is 6.90. The number of benzene rings is 4.